The van der Waals surface area contributed by atoms with Crippen molar-refractivity contribution in [2.75, 3.05) is 18.4 Å². The molecule has 0 spiro atoms. The number of nitrogens with zero attached hydrogens (tertiary/aromatic N) is 2. The topological polar surface area (TPSA) is 92.5 Å². The minimum Gasteiger partial charge on any atom is -0.342 e. The monoisotopic (exact) mass is 321 g/mol. The van der Waals surface area contributed by atoms with Gasteiger partial charge in [0.2, 0.25) is 11.8 Å². The van der Waals surface area contributed by atoms with E-state index in [-0.39, 0.29) is 18.0 Å². The van der Waals surface area contributed by atoms with E-state index in [0.717, 1.165) is 31.0 Å². The van der Waals surface area contributed by atoms with Crippen LogP contribution in [0.2, 0.25) is 0 Å². The molecule has 2 fully saturated rings. The van der Waals surface area contributed by atoms with E-state index in [0.29, 0.717) is 19.0 Å². The summed E-state index contributed by atoms with van der Waals surface area (Å²) in [5.41, 5.74) is -0.563. The molecule has 122 valence electrons. The zero-order valence-corrected chi connectivity index (χ0v) is 12.3. The predicted molar refractivity (Wildman–Crippen MR) is 79.1 cm³/mol. The first-order valence-corrected chi connectivity index (χ1v) is 7.46. The Morgan fingerprint density at radius 2 is 2.17 bits per heavy atom. The molecule has 1 saturated carbocycles. The van der Waals surface area contributed by atoms with Gasteiger partial charge in [0, 0.05) is 19.5 Å². The van der Waals surface area contributed by atoms with Gasteiger partial charge in [0.05, 0.1) is 16.9 Å². The zero-order chi connectivity index (χ0) is 16.6. The summed E-state index contributed by atoms with van der Waals surface area (Å²) in [6.45, 7) is 1.01. The van der Waals surface area contributed by atoms with Crippen molar-refractivity contribution in [2.45, 2.75) is 19.3 Å². The van der Waals surface area contributed by atoms with Crippen molar-refractivity contribution < 1.29 is 18.9 Å². The van der Waals surface area contributed by atoms with Crippen LogP contribution in [0, 0.1) is 27.8 Å². The van der Waals surface area contributed by atoms with E-state index >= 15 is 0 Å². The van der Waals surface area contributed by atoms with E-state index in [9.17, 15) is 24.1 Å². The third kappa shape index (κ3) is 3.46. The lowest BCUT2D eigenvalue weighted by Gasteiger charge is -2.16. The van der Waals surface area contributed by atoms with Crippen LogP contribution in [0.25, 0.3) is 0 Å². The smallest absolute Gasteiger partial charge is 0.295 e. The molecular weight excluding hydrogens is 305 g/mol. The summed E-state index contributed by atoms with van der Waals surface area (Å²) in [6, 6.07) is 2.96. The summed E-state index contributed by atoms with van der Waals surface area (Å²) in [5.74, 6) is -1.26. The molecule has 1 heterocycles. The molecule has 2 aliphatic rings. The Hall–Kier alpha value is -2.51. The van der Waals surface area contributed by atoms with Gasteiger partial charge in [-0.25, -0.2) is 4.39 Å². The Morgan fingerprint density at radius 1 is 1.43 bits per heavy atom. The van der Waals surface area contributed by atoms with Gasteiger partial charge < -0.3 is 10.2 Å². The molecule has 0 bridgehead atoms. The van der Waals surface area contributed by atoms with Crippen molar-refractivity contribution >= 4 is 23.2 Å². The Kier molecular flexibility index (Phi) is 3.97. The van der Waals surface area contributed by atoms with Crippen LogP contribution < -0.4 is 5.32 Å². The molecule has 1 aliphatic heterocycles. The van der Waals surface area contributed by atoms with Crippen molar-refractivity contribution in [3.05, 3.63) is 34.1 Å². The van der Waals surface area contributed by atoms with Gasteiger partial charge in [-0.15, -0.1) is 0 Å². The maximum absolute atomic E-state index is 13.1. The molecule has 1 atom stereocenters. The largest absolute Gasteiger partial charge is 0.342 e. The van der Waals surface area contributed by atoms with Gasteiger partial charge in [-0.1, -0.05) is 0 Å². The average molecular weight is 321 g/mol. The van der Waals surface area contributed by atoms with Crippen LogP contribution in [0.3, 0.4) is 0 Å². The molecule has 7 nitrogen and oxygen atoms in total. The van der Waals surface area contributed by atoms with Crippen molar-refractivity contribution in [2.24, 2.45) is 11.8 Å². The SMILES string of the molecule is O=C(Nc1ccc(F)cc1[N+](=O)[O-])[C@@H]1CC(=O)N(CC2CC2)C1. The van der Waals surface area contributed by atoms with E-state index < -0.39 is 28.3 Å². The number of benzene rings is 1. The van der Waals surface area contributed by atoms with Crippen LogP contribution >= 0.6 is 0 Å². The van der Waals surface area contributed by atoms with E-state index in [1.165, 1.54) is 0 Å². The highest BCUT2D eigenvalue weighted by molar-refractivity contribution is 5.98. The molecule has 1 aromatic carbocycles. The number of hydrogen-bond donors (Lipinski definition) is 1. The molecule has 2 amide bonds. The Balaban J connectivity index is 1.67. The van der Waals surface area contributed by atoms with Gasteiger partial charge in [0.15, 0.2) is 0 Å². The third-order valence-electron chi connectivity index (χ3n) is 4.18. The van der Waals surface area contributed by atoms with E-state index in [4.69, 9.17) is 0 Å². The molecule has 3 rings (SSSR count). The Morgan fingerprint density at radius 3 is 2.83 bits per heavy atom. The molecule has 1 N–H and O–H groups in total. The van der Waals surface area contributed by atoms with Crippen LogP contribution in [0.4, 0.5) is 15.8 Å². The number of nitrogens with one attached hydrogen (secondary N) is 1. The molecule has 1 aromatic rings. The van der Waals surface area contributed by atoms with Gasteiger partial charge in [-0.3, -0.25) is 19.7 Å². The number of hydrogen-bond acceptors (Lipinski definition) is 4. The number of likely N-dealkylation sites (tertiary alicyclic amines) is 1. The number of halogens is 1. The summed E-state index contributed by atoms with van der Waals surface area (Å²) in [6.07, 6.45) is 2.33. The van der Waals surface area contributed by atoms with Crippen molar-refractivity contribution in [1.29, 1.82) is 0 Å². The first kappa shape index (κ1) is 15.4. The van der Waals surface area contributed by atoms with E-state index in [2.05, 4.69) is 5.32 Å². The molecule has 23 heavy (non-hydrogen) atoms. The summed E-state index contributed by atoms with van der Waals surface area (Å²) in [5, 5.41) is 13.4. The first-order valence-electron chi connectivity index (χ1n) is 7.46. The summed E-state index contributed by atoms with van der Waals surface area (Å²) < 4.78 is 13.1. The second-order valence-electron chi connectivity index (χ2n) is 6.05. The summed E-state index contributed by atoms with van der Waals surface area (Å²) in [7, 11) is 0. The number of carbonyl (C=O) groups excluding carboxylic acids is 2. The van der Waals surface area contributed by atoms with Crippen molar-refractivity contribution in [3.63, 3.8) is 0 Å². The normalized spacial score (nSPS) is 20.7. The minimum absolute atomic E-state index is 0.0607. The van der Waals surface area contributed by atoms with Crippen LogP contribution in [-0.2, 0) is 9.59 Å². The van der Waals surface area contributed by atoms with Crippen molar-refractivity contribution in [3.8, 4) is 0 Å². The van der Waals surface area contributed by atoms with Gasteiger partial charge in [-0.05, 0) is 30.9 Å². The molecule has 0 unspecified atom stereocenters. The number of anilines is 1. The first-order chi connectivity index (χ1) is 10.9. The van der Waals surface area contributed by atoms with Gasteiger partial charge >= 0.3 is 0 Å². The quantitative estimate of drug-likeness (QED) is 0.662. The van der Waals surface area contributed by atoms with E-state index in [1.54, 1.807) is 4.90 Å². The third-order valence-corrected chi connectivity index (χ3v) is 4.18. The Bertz CT molecular complexity index is 675. The molecule has 0 radical (unpaired) electrons. The average Bonchev–Trinajstić information content (AvgIpc) is 3.23. The molecule has 8 heteroatoms. The van der Waals surface area contributed by atoms with Gasteiger partial charge in [0.25, 0.3) is 5.69 Å². The van der Waals surface area contributed by atoms with Crippen LogP contribution in [0.5, 0.6) is 0 Å². The number of rotatable bonds is 5. The lowest BCUT2D eigenvalue weighted by molar-refractivity contribution is -0.384. The van der Waals surface area contributed by atoms with Crippen LogP contribution in [-0.4, -0.2) is 34.7 Å². The van der Waals surface area contributed by atoms with Gasteiger partial charge in [0.1, 0.15) is 11.5 Å². The number of nitro groups is 1. The standard InChI is InChI=1S/C15H16FN3O4/c16-11-3-4-12(13(6-11)19(22)23)17-15(21)10-5-14(20)18(8-10)7-9-1-2-9/h3-4,6,9-10H,1-2,5,7-8H2,(H,17,21)/t10-/m1/s1. The lowest BCUT2D eigenvalue weighted by Crippen LogP contribution is -2.30. The lowest BCUT2D eigenvalue weighted by atomic mass is 10.1. The van der Waals surface area contributed by atoms with Gasteiger partial charge in [-0.2, -0.15) is 0 Å². The maximum Gasteiger partial charge on any atom is 0.295 e. The highest BCUT2D eigenvalue weighted by Gasteiger charge is 2.37. The molecule has 0 aromatic heterocycles. The fraction of sp³-hybridized carbons (Fsp3) is 0.467. The fourth-order valence-electron chi connectivity index (χ4n) is 2.73. The minimum atomic E-state index is -0.752. The fourth-order valence-corrected chi connectivity index (χ4v) is 2.73. The number of carbonyl (C=O) groups is 2. The number of amides is 2. The highest BCUT2D eigenvalue weighted by Crippen LogP contribution is 2.32. The zero-order valence-electron chi connectivity index (χ0n) is 12.3. The summed E-state index contributed by atoms with van der Waals surface area (Å²) in [4.78, 5) is 36.0. The summed E-state index contributed by atoms with van der Waals surface area (Å²) >= 11 is 0. The Labute approximate surface area is 131 Å². The predicted octanol–water partition coefficient (Wildman–Crippen LogP) is 1.93. The number of nitro benzene ring substituents is 1. The molecule has 1 aliphatic carbocycles. The maximum atomic E-state index is 13.1. The second-order valence-corrected chi connectivity index (χ2v) is 6.05. The van der Waals surface area contributed by atoms with E-state index in [1.807, 2.05) is 0 Å². The van der Waals surface area contributed by atoms with Crippen LogP contribution in [0.15, 0.2) is 18.2 Å². The van der Waals surface area contributed by atoms with Crippen molar-refractivity contribution in [1.82, 2.24) is 4.90 Å². The second kappa shape index (κ2) is 5.94. The van der Waals surface area contributed by atoms with Crippen LogP contribution in [0.1, 0.15) is 19.3 Å². The molecule has 1 saturated heterocycles. The molecular formula is C15H16FN3O4. The highest BCUT2D eigenvalue weighted by atomic mass is 19.1.